The lowest BCUT2D eigenvalue weighted by atomic mass is 9.50. The number of esters is 2. The van der Waals surface area contributed by atoms with Gasteiger partial charge < -0.3 is 19.1 Å². The van der Waals surface area contributed by atoms with Crippen LogP contribution in [0.1, 0.15) is 50.7 Å². The van der Waals surface area contributed by atoms with Crippen LogP contribution < -0.4 is 4.90 Å². The normalized spacial score (nSPS) is 27.4. The number of carbonyl (C=O) groups is 2. The largest absolute Gasteiger partial charge is 0.465 e. The van der Waals surface area contributed by atoms with Gasteiger partial charge in [-0.1, -0.05) is 54.6 Å². The number of fused-ring (bicyclic) bond motifs is 5. The Hall–Kier alpha value is -3.12. The third kappa shape index (κ3) is 3.88. The molecule has 37 heavy (non-hydrogen) atoms. The lowest BCUT2D eigenvalue weighted by molar-refractivity contribution is -0.193. The summed E-state index contributed by atoms with van der Waals surface area (Å²) >= 11 is 0. The summed E-state index contributed by atoms with van der Waals surface area (Å²) in [5, 5.41) is 0. The summed E-state index contributed by atoms with van der Waals surface area (Å²) in [6.07, 6.45) is 4.46. The minimum atomic E-state index is -1.50. The molecule has 2 aliphatic heterocycles. The van der Waals surface area contributed by atoms with E-state index < -0.39 is 28.8 Å². The van der Waals surface area contributed by atoms with E-state index in [1.807, 2.05) is 36.4 Å². The number of nitrogens with zero attached hydrogens (tertiary/aromatic N) is 1. The van der Waals surface area contributed by atoms with Crippen LogP contribution in [0.4, 0.5) is 5.69 Å². The van der Waals surface area contributed by atoms with Crippen molar-refractivity contribution < 1.29 is 23.8 Å². The number of anilines is 1. The predicted octanol–water partition coefficient (Wildman–Crippen LogP) is 5.20. The second-order valence-corrected chi connectivity index (χ2v) is 10.4. The standard InChI is InChI=1S/C31H37NO5/c1-4-18-30-24-16-10-11-17-25(24)32(21-22-13-8-7-9-14-22)27(30)31(28(33)35-5-2,29(34)36-6-3)20-23-15-12-19-37-26(23)30/h4,7-11,13-14,16-17,23,26-27H,1,5-6,12,15,18-21H2,2-3H3/t23-,26+,27-,30-/m1/s1. The van der Waals surface area contributed by atoms with E-state index in [0.29, 0.717) is 26.0 Å². The summed E-state index contributed by atoms with van der Waals surface area (Å²) in [7, 11) is 0. The number of ether oxygens (including phenoxy) is 3. The maximum absolute atomic E-state index is 14.1. The first kappa shape index (κ1) is 25.5. The lowest BCUT2D eigenvalue weighted by Crippen LogP contribution is -2.71. The monoisotopic (exact) mass is 503 g/mol. The molecular weight excluding hydrogens is 466 g/mol. The average Bonchev–Trinajstić information content (AvgIpc) is 3.20. The molecule has 2 aromatic rings. The molecule has 0 N–H and O–H groups in total. The van der Waals surface area contributed by atoms with Crippen LogP contribution >= 0.6 is 0 Å². The molecule has 1 aliphatic carbocycles. The van der Waals surface area contributed by atoms with Gasteiger partial charge in [-0.3, -0.25) is 9.59 Å². The van der Waals surface area contributed by atoms with Gasteiger partial charge >= 0.3 is 11.9 Å². The van der Waals surface area contributed by atoms with Crippen molar-refractivity contribution in [1.82, 2.24) is 0 Å². The topological polar surface area (TPSA) is 65.1 Å². The van der Waals surface area contributed by atoms with Crippen LogP contribution in [0.15, 0.2) is 67.3 Å². The van der Waals surface area contributed by atoms with Crippen molar-refractivity contribution in [2.24, 2.45) is 11.3 Å². The van der Waals surface area contributed by atoms with Crippen LogP contribution in [0, 0.1) is 11.3 Å². The van der Waals surface area contributed by atoms with E-state index in [-0.39, 0.29) is 25.2 Å². The van der Waals surface area contributed by atoms with Crippen LogP contribution in [0.25, 0.3) is 0 Å². The molecule has 0 radical (unpaired) electrons. The maximum Gasteiger partial charge on any atom is 0.325 e. The summed E-state index contributed by atoms with van der Waals surface area (Å²) in [5.41, 5.74) is 1.07. The molecule has 0 spiro atoms. The molecule has 196 valence electrons. The molecule has 1 saturated carbocycles. The van der Waals surface area contributed by atoms with Gasteiger partial charge in [0.1, 0.15) is 0 Å². The molecule has 6 heteroatoms. The highest BCUT2D eigenvalue weighted by Gasteiger charge is 2.73. The second-order valence-electron chi connectivity index (χ2n) is 10.4. The average molecular weight is 504 g/mol. The molecule has 2 aromatic carbocycles. The van der Waals surface area contributed by atoms with E-state index in [9.17, 15) is 9.59 Å². The summed E-state index contributed by atoms with van der Waals surface area (Å²) in [4.78, 5) is 30.5. The highest BCUT2D eigenvalue weighted by molar-refractivity contribution is 6.03. The number of benzene rings is 2. The molecule has 2 fully saturated rings. The van der Waals surface area contributed by atoms with Gasteiger partial charge in [0.25, 0.3) is 0 Å². The van der Waals surface area contributed by atoms with E-state index in [1.54, 1.807) is 13.8 Å². The van der Waals surface area contributed by atoms with E-state index in [0.717, 1.165) is 29.7 Å². The SMILES string of the molecule is C=CC[C@]12c3ccccc3N(Cc3ccccc3)[C@H]1C(C(=O)OCC)(C(=O)OCC)C[C@H]1CCCO[C@@H]12. The molecule has 2 heterocycles. The lowest BCUT2D eigenvalue weighted by Gasteiger charge is -2.58. The Labute approximate surface area is 219 Å². The van der Waals surface area contributed by atoms with Gasteiger partial charge in [0.15, 0.2) is 5.41 Å². The fourth-order valence-electron chi connectivity index (χ4n) is 7.37. The Balaban J connectivity index is 1.81. The molecule has 6 nitrogen and oxygen atoms in total. The molecule has 0 amide bonds. The van der Waals surface area contributed by atoms with E-state index in [2.05, 4.69) is 35.7 Å². The highest BCUT2D eigenvalue weighted by atomic mass is 16.6. The van der Waals surface area contributed by atoms with Crippen molar-refractivity contribution in [1.29, 1.82) is 0 Å². The predicted molar refractivity (Wildman–Crippen MR) is 142 cm³/mol. The molecule has 0 aromatic heterocycles. The zero-order valence-electron chi connectivity index (χ0n) is 21.9. The molecule has 1 saturated heterocycles. The summed E-state index contributed by atoms with van der Waals surface area (Å²) in [6, 6.07) is 17.9. The minimum absolute atomic E-state index is 0.0171. The van der Waals surface area contributed by atoms with Gasteiger partial charge in [-0.05, 0) is 62.6 Å². The van der Waals surface area contributed by atoms with E-state index in [1.165, 1.54) is 0 Å². The summed E-state index contributed by atoms with van der Waals surface area (Å²) < 4.78 is 18.1. The first-order valence-corrected chi connectivity index (χ1v) is 13.5. The van der Waals surface area contributed by atoms with Gasteiger partial charge in [0.2, 0.25) is 0 Å². The van der Waals surface area contributed by atoms with Crippen LogP contribution in [0.5, 0.6) is 0 Å². The van der Waals surface area contributed by atoms with Crippen molar-refractivity contribution in [3.05, 3.63) is 78.4 Å². The van der Waals surface area contributed by atoms with E-state index >= 15 is 0 Å². The Bertz CT molecular complexity index is 1130. The zero-order chi connectivity index (χ0) is 26.0. The number of rotatable bonds is 8. The highest BCUT2D eigenvalue weighted by Crippen LogP contribution is 2.64. The van der Waals surface area contributed by atoms with E-state index in [4.69, 9.17) is 14.2 Å². The van der Waals surface area contributed by atoms with Gasteiger partial charge in [0, 0.05) is 24.3 Å². The Morgan fingerprint density at radius 1 is 1.05 bits per heavy atom. The smallest absolute Gasteiger partial charge is 0.325 e. The minimum Gasteiger partial charge on any atom is -0.465 e. The zero-order valence-corrected chi connectivity index (χ0v) is 21.9. The summed E-state index contributed by atoms with van der Waals surface area (Å²) in [5.74, 6) is -0.980. The van der Waals surface area contributed by atoms with Gasteiger partial charge in [0.05, 0.1) is 25.4 Å². The first-order chi connectivity index (χ1) is 18.0. The van der Waals surface area contributed by atoms with Crippen molar-refractivity contribution in [2.45, 2.75) is 63.6 Å². The van der Waals surface area contributed by atoms with Crippen LogP contribution in [-0.2, 0) is 35.8 Å². The molecular formula is C31H37NO5. The van der Waals surface area contributed by atoms with Gasteiger partial charge in [-0.2, -0.15) is 0 Å². The number of hydrogen-bond acceptors (Lipinski definition) is 6. The quantitative estimate of drug-likeness (QED) is 0.280. The molecule has 4 atom stereocenters. The fourth-order valence-corrected chi connectivity index (χ4v) is 7.37. The fraction of sp³-hybridized carbons (Fsp3) is 0.484. The number of carbonyl (C=O) groups excluding carboxylic acids is 2. The van der Waals surface area contributed by atoms with Crippen molar-refractivity contribution in [2.75, 3.05) is 24.7 Å². The van der Waals surface area contributed by atoms with Crippen LogP contribution in [0.3, 0.4) is 0 Å². The number of para-hydroxylation sites is 1. The number of allylic oxidation sites excluding steroid dienone is 1. The second kappa shape index (κ2) is 10.3. The van der Waals surface area contributed by atoms with Gasteiger partial charge in [-0.15, -0.1) is 6.58 Å². The van der Waals surface area contributed by atoms with Crippen molar-refractivity contribution in [3.8, 4) is 0 Å². The molecule has 3 aliphatic rings. The molecule has 0 unspecified atom stereocenters. The van der Waals surface area contributed by atoms with Crippen molar-refractivity contribution >= 4 is 17.6 Å². The first-order valence-electron chi connectivity index (χ1n) is 13.5. The Morgan fingerprint density at radius 3 is 2.41 bits per heavy atom. The molecule has 0 bridgehead atoms. The number of hydrogen-bond donors (Lipinski definition) is 0. The van der Waals surface area contributed by atoms with Crippen molar-refractivity contribution in [3.63, 3.8) is 0 Å². The third-order valence-electron chi connectivity index (χ3n) is 8.48. The van der Waals surface area contributed by atoms with Gasteiger partial charge in [-0.25, -0.2) is 0 Å². The maximum atomic E-state index is 14.1. The van der Waals surface area contributed by atoms with Crippen LogP contribution in [-0.4, -0.2) is 43.9 Å². The van der Waals surface area contributed by atoms with Crippen LogP contribution in [0.2, 0.25) is 0 Å². The molecule has 5 rings (SSSR count). The third-order valence-corrected chi connectivity index (χ3v) is 8.48. The Kier molecular flexibility index (Phi) is 7.13. The Morgan fingerprint density at radius 2 is 1.73 bits per heavy atom. The summed E-state index contributed by atoms with van der Waals surface area (Å²) in [6.45, 7) is 9.30.